The van der Waals surface area contributed by atoms with E-state index in [0.29, 0.717) is 33.9 Å². The second-order valence-electron chi connectivity index (χ2n) is 5.80. The molecule has 0 spiro atoms. The van der Waals surface area contributed by atoms with Crippen molar-refractivity contribution in [3.8, 4) is 33.9 Å². The van der Waals surface area contributed by atoms with Crippen molar-refractivity contribution in [2.75, 3.05) is 7.11 Å². The summed E-state index contributed by atoms with van der Waals surface area (Å²) in [7, 11) is 1.49. The topological polar surface area (TPSA) is 72.6 Å². The molecule has 0 amide bonds. The number of rotatable bonds is 4. The normalized spacial score (nSPS) is 10.8. The van der Waals surface area contributed by atoms with Crippen LogP contribution >= 0.6 is 11.6 Å². The third kappa shape index (κ3) is 3.06. The van der Waals surface area contributed by atoms with E-state index in [9.17, 15) is 9.90 Å². The van der Waals surface area contributed by atoms with Gasteiger partial charge in [-0.25, -0.2) is 4.79 Å². The van der Waals surface area contributed by atoms with E-state index in [1.165, 1.54) is 7.11 Å². The van der Waals surface area contributed by atoms with Crippen LogP contribution in [0.5, 0.6) is 11.5 Å². The molecule has 0 fully saturated rings. The average molecular weight is 372 g/mol. The van der Waals surface area contributed by atoms with E-state index in [4.69, 9.17) is 20.8 Å². The van der Waals surface area contributed by atoms with Crippen LogP contribution in [0.1, 0.15) is 18.1 Å². The standard InChI is InChI=1S/C20H18ClNO4/c1-4-12-8-14(21)9-15(25-3)16(12)17-18(23)11(2)19(26-20(17)24)13-6-5-7-22-10-13/h5-10,23H,4H2,1-3H3. The van der Waals surface area contributed by atoms with Gasteiger partial charge in [-0.05, 0) is 43.2 Å². The van der Waals surface area contributed by atoms with E-state index in [2.05, 4.69) is 4.98 Å². The van der Waals surface area contributed by atoms with Crippen molar-refractivity contribution in [2.45, 2.75) is 20.3 Å². The molecular weight excluding hydrogens is 354 g/mol. The predicted molar refractivity (Wildman–Crippen MR) is 101 cm³/mol. The summed E-state index contributed by atoms with van der Waals surface area (Å²) < 4.78 is 10.9. The molecule has 134 valence electrons. The van der Waals surface area contributed by atoms with Gasteiger partial charge in [0.15, 0.2) is 0 Å². The molecule has 6 heteroatoms. The molecule has 26 heavy (non-hydrogen) atoms. The average Bonchev–Trinajstić information content (AvgIpc) is 2.65. The Morgan fingerprint density at radius 1 is 1.31 bits per heavy atom. The molecule has 2 heterocycles. The minimum absolute atomic E-state index is 0.0699. The Bertz CT molecular complexity index is 987. The summed E-state index contributed by atoms with van der Waals surface area (Å²) in [5, 5.41) is 11.3. The highest BCUT2D eigenvalue weighted by molar-refractivity contribution is 6.31. The van der Waals surface area contributed by atoms with Crippen LogP contribution in [0.3, 0.4) is 0 Å². The fourth-order valence-corrected chi connectivity index (χ4v) is 3.20. The van der Waals surface area contributed by atoms with Gasteiger partial charge >= 0.3 is 5.63 Å². The number of methoxy groups -OCH3 is 1. The fourth-order valence-electron chi connectivity index (χ4n) is 2.96. The number of aromatic hydroxyl groups is 1. The maximum absolute atomic E-state index is 12.8. The first-order valence-corrected chi connectivity index (χ1v) is 8.49. The molecule has 0 bridgehead atoms. The Morgan fingerprint density at radius 3 is 2.69 bits per heavy atom. The Labute approximate surface area is 155 Å². The van der Waals surface area contributed by atoms with Gasteiger partial charge in [0.25, 0.3) is 0 Å². The molecule has 0 aliphatic carbocycles. The number of nitrogens with zero attached hydrogens (tertiary/aromatic N) is 1. The summed E-state index contributed by atoms with van der Waals surface area (Å²) in [4.78, 5) is 16.8. The monoisotopic (exact) mass is 371 g/mol. The lowest BCUT2D eigenvalue weighted by Gasteiger charge is -2.16. The van der Waals surface area contributed by atoms with Crippen LogP contribution in [-0.4, -0.2) is 17.2 Å². The molecule has 0 aliphatic rings. The summed E-state index contributed by atoms with van der Waals surface area (Å²) in [5.74, 6) is 0.552. The third-order valence-electron chi connectivity index (χ3n) is 4.25. The second-order valence-corrected chi connectivity index (χ2v) is 6.24. The largest absolute Gasteiger partial charge is 0.507 e. The van der Waals surface area contributed by atoms with Crippen LogP contribution < -0.4 is 10.4 Å². The molecular formula is C20H18ClNO4. The number of aromatic nitrogens is 1. The minimum Gasteiger partial charge on any atom is -0.507 e. The second kappa shape index (κ2) is 7.22. The molecule has 3 aromatic rings. The summed E-state index contributed by atoms with van der Waals surface area (Å²) in [5.41, 5.74) is 1.76. The van der Waals surface area contributed by atoms with Gasteiger partial charge in [0.05, 0.1) is 7.11 Å². The zero-order valence-corrected chi connectivity index (χ0v) is 15.4. The van der Waals surface area contributed by atoms with Gasteiger partial charge in [-0.2, -0.15) is 0 Å². The summed E-state index contributed by atoms with van der Waals surface area (Å²) in [6.07, 6.45) is 3.80. The lowest BCUT2D eigenvalue weighted by Crippen LogP contribution is -2.09. The van der Waals surface area contributed by atoms with E-state index < -0.39 is 5.63 Å². The fraction of sp³-hybridized carbons (Fsp3) is 0.200. The van der Waals surface area contributed by atoms with E-state index in [1.807, 2.05) is 6.92 Å². The number of hydrogen-bond donors (Lipinski definition) is 1. The molecule has 0 saturated heterocycles. The van der Waals surface area contributed by atoms with Crippen molar-refractivity contribution in [1.29, 1.82) is 0 Å². The quantitative estimate of drug-likeness (QED) is 0.725. The van der Waals surface area contributed by atoms with E-state index in [-0.39, 0.29) is 17.1 Å². The van der Waals surface area contributed by atoms with E-state index in [1.54, 1.807) is 43.6 Å². The number of pyridine rings is 1. The van der Waals surface area contributed by atoms with Gasteiger partial charge in [0, 0.05) is 34.1 Å². The van der Waals surface area contributed by atoms with Gasteiger partial charge < -0.3 is 14.3 Å². The zero-order valence-electron chi connectivity index (χ0n) is 14.7. The first-order chi connectivity index (χ1) is 12.5. The molecule has 0 saturated carbocycles. The highest BCUT2D eigenvalue weighted by Gasteiger charge is 2.24. The molecule has 0 aliphatic heterocycles. The zero-order chi connectivity index (χ0) is 18.8. The summed E-state index contributed by atoms with van der Waals surface area (Å²) in [6.45, 7) is 3.63. The van der Waals surface area contributed by atoms with Crippen molar-refractivity contribution in [1.82, 2.24) is 4.98 Å². The van der Waals surface area contributed by atoms with E-state index >= 15 is 0 Å². The maximum Gasteiger partial charge on any atom is 0.348 e. The number of hydrogen-bond acceptors (Lipinski definition) is 5. The first-order valence-electron chi connectivity index (χ1n) is 8.11. The Hall–Kier alpha value is -2.79. The van der Waals surface area contributed by atoms with Gasteiger partial charge in [-0.1, -0.05) is 18.5 Å². The summed E-state index contributed by atoms with van der Waals surface area (Å²) in [6, 6.07) is 6.86. The van der Waals surface area contributed by atoms with Crippen molar-refractivity contribution in [3.63, 3.8) is 0 Å². The third-order valence-corrected chi connectivity index (χ3v) is 4.47. The van der Waals surface area contributed by atoms with Crippen molar-refractivity contribution in [2.24, 2.45) is 0 Å². The van der Waals surface area contributed by atoms with Gasteiger partial charge in [0.1, 0.15) is 22.8 Å². The molecule has 1 aromatic carbocycles. The van der Waals surface area contributed by atoms with Crippen LogP contribution in [0.4, 0.5) is 0 Å². The number of ether oxygens (including phenoxy) is 1. The van der Waals surface area contributed by atoms with Crippen molar-refractivity contribution < 1.29 is 14.3 Å². The number of aryl methyl sites for hydroxylation is 1. The lowest BCUT2D eigenvalue weighted by molar-refractivity contribution is 0.413. The first kappa shape index (κ1) is 18.0. The highest BCUT2D eigenvalue weighted by Crippen LogP contribution is 2.41. The molecule has 0 unspecified atom stereocenters. The minimum atomic E-state index is -0.651. The van der Waals surface area contributed by atoms with Crippen LogP contribution in [-0.2, 0) is 6.42 Å². The number of benzene rings is 1. The van der Waals surface area contributed by atoms with Gasteiger partial charge in [-0.3, -0.25) is 4.98 Å². The molecule has 0 atom stereocenters. The predicted octanol–water partition coefficient (Wildman–Crippen LogP) is 4.61. The SMILES string of the molecule is CCc1cc(Cl)cc(OC)c1-c1c(O)c(C)c(-c2cccnc2)oc1=O. The Morgan fingerprint density at radius 2 is 2.08 bits per heavy atom. The van der Waals surface area contributed by atoms with Crippen molar-refractivity contribution >= 4 is 11.6 Å². The van der Waals surface area contributed by atoms with Crippen molar-refractivity contribution in [3.05, 3.63) is 63.2 Å². The Kier molecular flexibility index (Phi) is 5.00. The number of halogens is 1. The van der Waals surface area contributed by atoms with Gasteiger partial charge in [0.2, 0.25) is 0 Å². The van der Waals surface area contributed by atoms with Crippen LogP contribution in [0, 0.1) is 6.92 Å². The molecule has 0 radical (unpaired) electrons. The van der Waals surface area contributed by atoms with Crippen LogP contribution in [0.15, 0.2) is 45.9 Å². The molecule has 5 nitrogen and oxygen atoms in total. The summed E-state index contributed by atoms with van der Waals surface area (Å²) >= 11 is 6.13. The Balaban J connectivity index is 2.33. The lowest BCUT2D eigenvalue weighted by atomic mass is 9.95. The smallest absolute Gasteiger partial charge is 0.348 e. The van der Waals surface area contributed by atoms with E-state index in [0.717, 1.165) is 5.56 Å². The molecule has 2 aromatic heterocycles. The van der Waals surface area contributed by atoms with Crippen LogP contribution in [0.2, 0.25) is 5.02 Å². The highest BCUT2D eigenvalue weighted by atomic mass is 35.5. The van der Waals surface area contributed by atoms with Gasteiger partial charge in [-0.15, -0.1) is 0 Å². The molecule has 3 rings (SSSR count). The molecule has 1 N–H and O–H groups in total. The van der Waals surface area contributed by atoms with Crippen LogP contribution in [0.25, 0.3) is 22.5 Å². The maximum atomic E-state index is 12.8.